The normalized spacial score (nSPS) is 13.7. The summed E-state index contributed by atoms with van der Waals surface area (Å²) in [5.41, 5.74) is 8.01. The Morgan fingerprint density at radius 1 is 0.571 bits per heavy atom. The summed E-state index contributed by atoms with van der Waals surface area (Å²) in [7, 11) is -2.81. The topological polar surface area (TPSA) is 111 Å². The van der Waals surface area contributed by atoms with Crippen molar-refractivity contribution in [2.45, 2.75) is 75.7 Å². The number of rotatable bonds is 18. The second-order valence-corrected chi connectivity index (χ2v) is 21.9. The number of ether oxygens (including phenoxy) is 1. The third kappa shape index (κ3) is 10.9. The van der Waals surface area contributed by atoms with Crippen molar-refractivity contribution in [1.29, 1.82) is 0 Å². The van der Waals surface area contributed by atoms with E-state index in [0.717, 1.165) is 44.5 Å². The highest BCUT2D eigenvalue weighted by Crippen LogP contribution is 2.44. The Labute approximate surface area is 372 Å². The van der Waals surface area contributed by atoms with Crippen molar-refractivity contribution in [3.63, 3.8) is 0 Å². The minimum Gasteiger partial charge on any atom is -0.517 e. The lowest BCUT2D eigenvalue weighted by atomic mass is 9.89. The molecule has 8 nitrogen and oxygen atoms in total. The summed E-state index contributed by atoms with van der Waals surface area (Å²) in [6.07, 6.45) is -0.283. The van der Waals surface area contributed by atoms with Crippen molar-refractivity contribution in [2.24, 2.45) is 5.92 Å². The van der Waals surface area contributed by atoms with E-state index in [0.29, 0.717) is 0 Å². The van der Waals surface area contributed by atoms with Crippen LogP contribution in [0.2, 0.25) is 13.1 Å². The van der Waals surface area contributed by atoms with E-state index in [9.17, 15) is 19.2 Å². The SMILES string of the molecule is CC(C)(c1ccccc1)[Si](C)(C)OC(=O)[C@H](Cc1ccccc1)NC(=O)[C@@H](CC(=O)[C@H](Cc1ccccc1)NC(=O)OCC1c2ccccc2-c2ccccc21)Cc1ccccc1. The van der Waals surface area contributed by atoms with E-state index in [4.69, 9.17) is 9.16 Å². The highest BCUT2D eigenvalue weighted by Gasteiger charge is 2.46. The maximum Gasteiger partial charge on any atom is 0.407 e. The van der Waals surface area contributed by atoms with Gasteiger partial charge in [-0.2, -0.15) is 0 Å². The third-order valence-corrected chi connectivity index (χ3v) is 16.7. The molecule has 0 heterocycles. The Balaban J connectivity index is 1.11. The van der Waals surface area contributed by atoms with Gasteiger partial charge in [-0.3, -0.25) is 14.4 Å². The predicted octanol–water partition coefficient (Wildman–Crippen LogP) is 9.95. The molecule has 7 rings (SSSR count). The zero-order valence-electron chi connectivity index (χ0n) is 36.5. The second kappa shape index (κ2) is 20.1. The molecule has 6 aromatic rings. The first-order valence-corrected chi connectivity index (χ1v) is 24.6. The van der Waals surface area contributed by atoms with E-state index in [1.165, 1.54) is 0 Å². The van der Waals surface area contributed by atoms with Gasteiger partial charge in [-0.1, -0.05) is 184 Å². The lowest BCUT2D eigenvalue weighted by Gasteiger charge is -2.40. The van der Waals surface area contributed by atoms with E-state index in [-0.39, 0.29) is 44.0 Å². The van der Waals surface area contributed by atoms with Crippen LogP contribution in [0.25, 0.3) is 11.1 Å². The first-order valence-electron chi connectivity index (χ1n) is 21.7. The number of nitrogens with one attached hydrogen (secondary N) is 2. The number of hydrogen-bond donors (Lipinski definition) is 2. The van der Waals surface area contributed by atoms with Gasteiger partial charge in [-0.15, -0.1) is 0 Å². The van der Waals surface area contributed by atoms with Gasteiger partial charge in [0, 0.05) is 29.7 Å². The fourth-order valence-corrected chi connectivity index (χ4v) is 10.2. The molecular formula is C54H56N2O6Si. The van der Waals surface area contributed by atoms with Gasteiger partial charge in [-0.25, -0.2) is 4.79 Å². The van der Waals surface area contributed by atoms with Gasteiger partial charge < -0.3 is 19.8 Å². The molecule has 2 amide bonds. The molecule has 0 aliphatic heterocycles. The second-order valence-electron chi connectivity index (χ2n) is 17.4. The van der Waals surface area contributed by atoms with Crippen molar-refractivity contribution in [2.75, 3.05) is 6.61 Å². The van der Waals surface area contributed by atoms with Gasteiger partial charge in [-0.05, 0) is 70.4 Å². The van der Waals surface area contributed by atoms with E-state index in [1.807, 2.05) is 159 Å². The molecule has 3 atom stereocenters. The first kappa shape index (κ1) is 44.5. The number of alkyl carbamates (subject to hydrolysis) is 1. The molecule has 0 aromatic heterocycles. The van der Waals surface area contributed by atoms with Crippen LogP contribution in [0, 0.1) is 5.92 Å². The van der Waals surface area contributed by atoms with Crippen LogP contribution in [0.4, 0.5) is 4.79 Å². The Hall–Kier alpha value is -6.58. The van der Waals surface area contributed by atoms with Gasteiger partial charge in [0.1, 0.15) is 12.6 Å². The zero-order valence-corrected chi connectivity index (χ0v) is 37.5. The molecular weight excluding hydrogens is 801 g/mol. The fourth-order valence-electron chi connectivity index (χ4n) is 8.40. The van der Waals surface area contributed by atoms with Gasteiger partial charge in [0.2, 0.25) is 5.91 Å². The molecule has 0 fully saturated rings. The van der Waals surface area contributed by atoms with Gasteiger partial charge in [0.05, 0.1) is 6.04 Å². The molecule has 322 valence electrons. The summed E-state index contributed by atoms with van der Waals surface area (Å²) in [5, 5.41) is 5.48. The summed E-state index contributed by atoms with van der Waals surface area (Å²) in [6.45, 7) is 8.32. The van der Waals surface area contributed by atoms with Crippen LogP contribution in [-0.2, 0) is 47.8 Å². The van der Waals surface area contributed by atoms with E-state index >= 15 is 0 Å². The van der Waals surface area contributed by atoms with Crippen molar-refractivity contribution < 1.29 is 28.3 Å². The first-order chi connectivity index (χ1) is 30.4. The average Bonchev–Trinajstić information content (AvgIpc) is 3.62. The number of amides is 2. The molecule has 0 bridgehead atoms. The highest BCUT2D eigenvalue weighted by molar-refractivity contribution is 6.75. The van der Waals surface area contributed by atoms with Gasteiger partial charge >= 0.3 is 12.1 Å². The monoisotopic (exact) mass is 856 g/mol. The van der Waals surface area contributed by atoms with Crippen LogP contribution in [-0.4, -0.2) is 50.8 Å². The molecule has 1 aliphatic rings. The highest BCUT2D eigenvalue weighted by atomic mass is 28.4. The van der Waals surface area contributed by atoms with Gasteiger partial charge in [0.25, 0.3) is 8.32 Å². The van der Waals surface area contributed by atoms with Crippen molar-refractivity contribution in [3.8, 4) is 11.1 Å². The Morgan fingerprint density at radius 3 is 1.54 bits per heavy atom. The fraction of sp³-hybridized carbons (Fsp3) is 0.259. The number of hydrogen-bond acceptors (Lipinski definition) is 6. The molecule has 6 aromatic carbocycles. The van der Waals surface area contributed by atoms with Crippen LogP contribution in [0.5, 0.6) is 0 Å². The number of ketones is 1. The molecule has 0 saturated carbocycles. The van der Waals surface area contributed by atoms with E-state index < -0.39 is 49.3 Å². The lowest BCUT2D eigenvalue weighted by molar-refractivity contribution is -0.141. The van der Waals surface area contributed by atoms with Crippen LogP contribution < -0.4 is 10.6 Å². The van der Waals surface area contributed by atoms with Crippen LogP contribution in [0.1, 0.15) is 59.6 Å². The summed E-state index contributed by atoms with van der Waals surface area (Å²) in [5.74, 6) is -2.33. The third-order valence-electron chi connectivity index (χ3n) is 12.7. The maximum absolute atomic E-state index is 14.7. The summed E-state index contributed by atoms with van der Waals surface area (Å²) in [4.78, 5) is 57.3. The molecule has 0 unspecified atom stereocenters. The standard InChI is InChI=1S/C54H56N2O6Si/c1-54(2,42-27-15-8-16-28-42)63(3,4)62-52(59)49(35-40-25-13-7-14-26-40)55-51(58)41(33-38-21-9-5-10-22-38)36-50(57)48(34-39-23-11-6-12-24-39)56-53(60)61-37-47-45-31-19-17-29-43(45)44-30-18-20-32-46(44)47/h5-32,41,47-49H,33-37H2,1-4H3,(H,55,58)(H,56,60)/t41-,48+,49+/m1/s1. The average molecular weight is 857 g/mol. The zero-order chi connectivity index (χ0) is 44.4. The van der Waals surface area contributed by atoms with Crippen LogP contribution >= 0.6 is 0 Å². The number of Topliss-reactive ketones (excluding diaryl/α,β-unsaturated/α-hetero) is 1. The molecule has 2 N–H and O–H groups in total. The molecule has 1 aliphatic carbocycles. The number of carbonyl (C=O) groups is 4. The summed E-state index contributed by atoms with van der Waals surface area (Å²) < 4.78 is 12.4. The van der Waals surface area contributed by atoms with E-state index in [2.05, 4.69) is 48.7 Å². The lowest BCUT2D eigenvalue weighted by Crippen LogP contribution is -2.55. The Morgan fingerprint density at radius 2 is 1.02 bits per heavy atom. The van der Waals surface area contributed by atoms with Crippen LogP contribution in [0.3, 0.4) is 0 Å². The Bertz CT molecular complexity index is 2450. The van der Waals surface area contributed by atoms with Crippen molar-refractivity contribution in [1.82, 2.24) is 10.6 Å². The largest absolute Gasteiger partial charge is 0.517 e. The summed E-state index contributed by atoms with van der Waals surface area (Å²) >= 11 is 0. The number of fused-ring (bicyclic) bond motifs is 3. The number of benzene rings is 6. The molecule has 0 saturated heterocycles. The minimum absolute atomic E-state index is 0.0895. The maximum atomic E-state index is 14.7. The molecule has 0 spiro atoms. The molecule has 9 heteroatoms. The predicted molar refractivity (Wildman–Crippen MR) is 251 cm³/mol. The summed E-state index contributed by atoms with van der Waals surface area (Å²) in [6, 6.07) is 52.7. The van der Waals surface area contributed by atoms with Crippen LogP contribution in [0.15, 0.2) is 170 Å². The minimum atomic E-state index is -2.81. The quantitative estimate of drug-likeness (QED) is 0.0834. The van der Waals surface area contributed by atoms with Crippen molar-refractivity contribution >= 4 is 32.1 Å². The smallest absolute Gasteiger partial charge is 0.407 e. The van der Waals surface area contributed by atoms with E-state index in [1.54, 1.807) is 0 Å². The Kier molecular flexibility index (Phi) is 14.2. The molecule has 63 heavy (non-hydrogen) atoms. The molecule has 0 radical (unpaired) electrons. The number of carbonyl (C=O) groups excluding carboxylic acids is 4. The van der Waals surface area contributed by atoms with Gasteiger partial charge in [0.15, 0.2) is 5.78 Å². The van der Waals surface area contributed by atoms with Crippen molar-refractivity contribution in [3.05, 3.63) is 203 Å².